The molecule has 0 aliphatic carbocycles. The number of hydrogen-bond donors (Lipinski definition) is 0. The summed E-state index contributed by atoms with van der Waals surface area (Å²) in [6, 6.07) is 13.3. The number of nitro benzene ring substituents is 1. The molecule has 0 amide bonds. The molecule has 0 aliphatic rings. The van der Waals surface area contributed by atoms with Crippen LogP contribution >= 0.6 is 0 Å². The molecular formula is C15H14N2O3S. The topological polar surface area (TPSA) is 72.6 Å². The highest BCUT2D eigenvalue weighted by Gasteiger charge is 2.07. The first-order valence-corrected chi connectivity index (χ1v) is 7.37. The van der Waals surface area contributed by atoms with E-state index in [0.29, 0.717) is 16.2 Å². The average Bonchev–Trinajstić information content (AvgIpc) is 2.47. The molecule has 0 N–H and O–H groups in total. The van der Waals surface area contributed by atoms with Crippen molar-refractivity contribution >= 4 is 22.4 Å². The lowest BCUT2D eigenvalue weighted by Crippen LogP contribution is -1.98. The first kappa shape index (κ1) is 15.1. The second kappa shape index (κ2) is 6.41. The van der Waals surface area contributed by atoms with Gasteiger partial charge in [0.25, 0.3) is 5.69 Å². The minimum atomic E-state index is -1.48. The van der Waals surface area contributed by atoms with Crippen molar-refractivity contribution in [1.29, 1.82) is 0 Å². The molecule has 2 rings (SSSR count). The maximum atomic E-state index is 12.1. The van der Waals surface area contributed by atoms with Crippen molar-refractivity contribution in [2.45, 2.75) is 18.7 Å². The minimum absolute atomic E-state index is 0.0196. The molecule has 5 nitrogen and oxygen atoms in total. The van der Waals surface area contributed by atoms with E-state index in [1.807, 2.05) is 19.1 Å². The Kier molecular flexibility index (Phi) is 4.59. The summed E-state index contributed by atoms with van der Waals surface area (Å²) in [5.74, 6) is 0. The quantitative estimate of drug-likeness (QED) is 0.493. The van der Waals surface area contributed by atoms with E-state index in [1.165, 1.54) is 12.1 Å². The predicted molar refractivity (Wildman–Crippen MR) is 82.9 cm³/mol. The lowest BCUT2D eigenvalue weighted by molar-refractivity contribution is -0.384. The molecule has 0 heterocycles. The van der Waals surface area contributed by atoms with E-state index in [0.717, 1.165) is 5.56 Å². The van der Waals surface area contributed by atoms with Crippen LogP contribution < -0.4 is 0 Å². The van der Waals surface area contributed by atoms with Crippen LogP contribution in [0.4, 0.5) is 5.69 Å². The fraction of sp³-hybridized carbons (Fsp3) is 0.133. The number of aryl methyl sites for hydroxylation is 1. The number of benzene rings is 2. The molecule has 0 aromatic heterocycles. The Bertz CT molecular complexity index is 707. The summed E-state index contributed by atoms with van der Waals surface area (Å²) in [4.78, 5) is 10.8. The third-order valence-electron chi connectivity index (χ3n) is 2.94. The minimum Gasteiger partial charge on any atom is -0.258 e. The molecule has 1 atom stereocenters. The molecule has 0 saturated heterocycles. The molecule has 6 heteroatoms. The maximum Gasteiger partial charge on any atom is 0.269 e. The Labute approximate surface area is 125 Å². The summed E-state index contributed by atoms with van der Waals surface area (Å²) in [6.07, 6.45) is 0. The van der Waals surface area contributed by atoms with Gasteiger partial charge in [0.1, 0.15) is 0 Å². The first-order chi connectivity index (χ1) is 9.97. The van der Waals surface area contributed by atoms with E-state index in [1.54, 1.807) is 31.2 Å². The van der Waals surface area contributed by atoms with E-state index in [2.05, 4.69) is 4.40 Å². The molecule has 0 spiro atoms. The summed E-state index contributed by atoms with van der Waals surface area (Å²) in [7, 11) is -1.48. The van der Waals surface area contributed by atoms with Crippen molar-refractivity contribution in [3.05, 3.63) is 69.8 Å². The Morgan fingerprint density at radius 2 is 1.67 bits per heavy atom. The molecule has 0 bridgehead atoms. The number of nitro groups is 1. The molecule has 0 radical (unpaired) electrons. The monoisotopic (exact) mass is 302 g/mol. The van der Waals surface area contributed by atoms with E-state index in [9.17, 15) is 14.3 Å². The van der Waals surface area contributed by atoms with Gasteiger partial charge >= 0.3 is 0 Å². The van der Waals surface area contributed by atoms with E-state index in [4.69, 9.17) is 0 Å². The van der Waals surface area contributed by atoms with Crippen LogP contribution in [0.2, 0.25) is 0 Å². The number of hydrogen-bond acceptors (Lipinski definition) is 3. The second-order valence-corrected chi connectivity index (χ2v) is 5.70. The van der Waals surface area contributed by atoms with Crippen molar-refractivity contribution in [3.8, 4) is 0 Å². The highest BCUT2D eigenvalue weighted by Crippen LogP contribution is 2.14. The van der Waals surface area contributed by atoms with Crippen molar-refractivity contribution in [1.82, 2.24) is 0 Å². The third-order valence-corrected chi connectivity index (χ3v) is 4.05. The zero-order valence-electron chi connectivity index (χ0n) is 11.6. The SMILES string of the molecule is CC(=NS(=O)c1ccc(C)cc1)c1ccc([N+](=O)[O-])cc1. The van der Waals surface area contributed by atoms with Gasteiger partial charge in [-0.3, -0.25) is 10.1 Å². The number of non-ortho nitro benzene ring substituents is 1. The Morgan fingerprint density at radius 1 is 1.10 bits per heavy atom. The highest BCUT2D eigenvalue weighted by atomic mass is 32.2. The van der Waals surface area contributed by atoms with Crippen molar-refractivity contribution in [2.24, 2.45) is 4.40 Å². The number of nitrogens with zero attached hydrogens (tertiary/aromatic N) is 2. The zero-order valence-corrected chi connectivity index (χ0v) is 12.5. The summed E-state index contributed by atoms with van der Waals surface area (Å²) < 4.78 is 16.3. The Balaban J connectivity index is 2.21. The number of rotatable bonds is 4. The summed E-state index contributed by atoms with van der Waals surface area (Å²) in [5.41, 5.74) is 2.39. The average molecular weight is 302 g/mol. The standard InChI is InChI=1S/C15H14N2O3S/c1-11-3-9-15(10-4-11)21(20)16-12(2)13-5-7-14(8-6-13)17(18)19/h3-10H,1-2H3. The Morgan fingerprint density at radius 3 is 2.19 bits per heavy atom. The molecule has 0 fully saturated rings. The largest absolute Gasteiger partial charge is 0.269 e. The zero-order chi connectivity index (χ0) is 15.4. The van der Waals surface area contributed by atoms with Gasteiger partial charge < -0.3 is 0 Å². The van der Waals surface area contributed by atoms with Crippen LogP contribution in [0.15, 0.2) is 57.8 Å². The molecule has 1 unspecified atom stereocenters. The molecule has 0 aliphatic heterocycles. The van der Waals surface area contributed by atoms with Crippen molar-refractivity contribution in [3.63, 3.8) is 0 Å². The fourth-order valence-corrected chi connectivity index (χ4v) is 2.54. The van der Waals surface area contributed by atoms with Crippen LogP contribution in [0.3, 0.4) is 0 Å². The summed E-state index contributed by atoms with van der Waals surface area (Å²) in [5, 5.41) is 10.6. The molecule has 2 aromatic carbocycles. The van der Waals surface area contributed by atoms with E-state index in [-0.39, 0.29) is 5.69 Å². The highest BCUT2D eigenvalue weighted by molar-refractivity contribution is 7.83. The lowest BCUT2D eigenvalue weighted by Gasteiger charge is -2.02. The van der Waals surface area contributed by atoms with Crippen LogP contribution in [0.25, 0.3) is 0 Å². The normalized spacial score (nSPS) is 13.0. The van der Waals surface area contributed by atoms with Gasteiger partial charge in [0.2, 0.25) is 0 Å². The second-order valence-electron chi connectivity index (χ2n) is 4.54. The third kappa shape index (κ3) is 3.82. The lowest BCUT2D eigenvalue weighted by atomic mass is 10.1. The van der Waals surface area contributed by atoms with Crippen LogP contribution in [0.5, 0.6) is 0 Å². The maximum absolute atomic E-state index is 12.1. The van der Waals surface area contributed by atoms with Gasteiger partial charge in [-0.15, -0.1) is 0 Å². The van der Waals surface area contributed by atoms with Crippen LogP contribution in [-0.4, -0.2) is 14.8 Å². The molecule has 108 valence electrons. The van der Waals surface area contributed by atoms with E-state index >= 15 is 0 Å². The summed E-state index contributed by atoms with van der Waals surface area (Å²) in [6.45, 7) is 3.69. The van der Waals surface area contributed by atoms with Crippen molar-refractivity contribution < 1.29 is 9.13 Å². The van der Waals surface area contributed by atoms with Crippen LogP contribution in [0.1, 0.15) is 18.1 Å². The van der Waals surface area contributed by atoms with Crippen molar-refractivity contribution in [2.75, 3.05) is 0 Å². The summed E-state index contributed by atoms with van der Waals surface area (Å²) >= 11 is 0. The first-order valence-electron chi connectivity index (χ1n) is 6.26. The van der Waals surface area contributed by atoms with Crippen LogP contribution in [0, 0.1) is 17.0 Å². The van der Waals surface area contributed by atoms with E-state index < -0.39 is 15.9 Å². The molecule has 2 aromatic rings. The molecular weight excluding hydrogens is 288 g/mol. The van der Waals surface area contributed by atoms with Gasteiger partial charge in [0.05, 0.1) is 15.5 Å². The van der Waals surface area contributed by atoms with Gasteiger partial charge in [-0.1, -0.05) is 17.7 Å². The smallest absolute Gasteiger partial charge is 0.258 e. The molecule has 21 heavy (non-hydrogen) atoms. The van der Waals surface area contributed by atoms with Gasteiger partial charge in [-0.2, -0.15) is 4.40 Å². The Hall–Kier alpha value is -2.34. The fourth-order valence-electron chi connectivity index (χ4n) is 1.71. The predicted octanol–water partition coefficient (Wildman–Crippen LogP) is 3.44. The van der Waals surface area contributed by atoms with Gasteiger partial charge in [0, 0.05) is 12.1 Å². The van der Waals surface area contributed by atoms with Gasteiger partial charge in [0.15, 0.2) is 11.0 Å². The van der Waals surface area contributed by atoms with Gasteiger partial charge in [-0.05, 0) is 43.7 Å². The van der Waals surface area contributed by atoms with Gasteiger partial charge in [-0.25, -0.2) is 4.21 Å². The molecule has 0 saturated carbocycles. The van der Waals surface area contributed by atoms with Crippen LogP contribution in [-0.2, 0) is 11.0 Å².